The molecule has 0 spiro atoms. The van der Waals surface area contributed by atoms with E-state index in [0.29, 0.717) is 25.4 Å². The zero-order valence-corrected chi connectivity index (χ0v) is 18.0. The molecule has 1 unspecified atom stereocenters. The lowest BCUT2D eigenvalue weighted by atomic mass is 10.00. The van der Waals surface area contributed by atoms with E-state index in [2.05, 4.69) is 39.5 Å². The highest BCUT2D eigenvalue weighted by Gasteiger charge is 2.24. The molecule has 0 aliphatic carbocycles. The second kappa shape index (κ2) is 9.24. The van der Waals surface area contributed by atoms with Crippen molar-refractivity contribution < 1.29 is 14.6 Å². The average molecular weight is 433 g/mol. The fraction of sp³-hybridized carbons (Fsp3) is 0.360. The van der Waals surface area contributed by atoms with Gasteiger partial charge < -0.3 is 19.7 Å². The maximum Gasteiger partial charge on any atom is 0.271 e. The van der Waals surface area contributed by atoms with Gasteiger partial charge in [-0.05, 0) is 23.1 Å². The third-order valence-corrected chi connectivity index (χ3v) is 6.22. The minimum atomic E-state index is -0.632. The number of hydrogen-bond donors (Lipinski definition) is 2. The fourth-order valence-electron chi connectivity index (χ4n) is 4.49. The van der Waals surface area contributed by atoms with E-state index in [4.69, 9.17) is 4.74 Å². The van der Waals surface area contributed by atoms with Crippen LogP contribution in [0.2, 0.25) is 0 Å². The number of rotatable bonds is 6. The number of amides is 1. The molecule has 7 heteroatoms. The van der Waals surface area contributed by atoms with Gasteiger partial charge in [-0.25, -0.2) is 4.98 Å². The van der Waals surface area contributed by atoms with Crippen LogP contribution in [0.5, 0.6) is 0 Å². The van der Waals surface area contributed by atoms with Gasteiger partial charge in [0, 0.05) is 32.4 Å². The number of benzene rings is 2. The molecule has 0 bridgehead atoms. The van der Waals surface area contributed by atoms with Gasteiger partial charge in [0.15, 0.2) is 0 Å². The van der Waals surface area contributed by atoms with E-state index in [1.165, 1.54) is 11.1 Å². The van der Waals surface area contributed by atoms with E-state index < -0.39 is 6.10 Å². The first kappa shape index (κ1) is 20.9. The summed E-state index contributed by atoms with van der Waals surface area (Å²) in [5, 5.41) is 13.3. The van der Waals surface area contributed by atoms with Crippen molar-refractivity contribution in [1.82, 2.24) is 19.8 Å². The van der Waals surface area contributed by atoms with Crippen LogP contribution in [-0.4, -0.2) is 51.2 Å². The molecule has 1 amide bonds. The number of imidazole rings is 1. The predicted molar refractivity (Wildman–Crippen MR) is 120 cm³/mol. The Bertz CT molecular complexity index is 1080. The Balaban J connectivity index is 1.13. The number of aliphatic hydroxyl groups is 1. The first-order chi connectivity index (χ1) is 15.7. The number of carbonyl (C=O) groups is 1. The van der Waals surface area contributed by atoms with Gasteiger partial charge in [0.05, 0.1) is 12.6 Å². The molecule has 0 fully saturated rings. The van der Waals surface area contributed by atoms with Crippen LogP contribution in [0.4, 0.5) is 0 Å². The van der Waals surface area contributed by atoms with Crippen LogP contribution < -0.4 is 5.32 Å². The number of hydrogen-bond acceptors (Lipinski definition) is 5. The molecule has 7 nitrogen and oxygen atoms in total. The normalized spacial score (nSPS) is 19.1. The van der Waals surface area contributed by atoms with Gasteiger partial charge in [-0.1, -0.05) is 54.6 Å². The summed E-state index contributed by atoms with van der Waals surface area (Å²) >= 11 is 0. The van der Waals surface area contributed by atoms with E-state index in [-0.39, 0.29) is 18.6 Å². The molecule has 2 aliphatic rings. The van der Waals surface area contributed by atoms with Gasteiger partial charge >= 0.3 is 0 Å². The topological polar surface area (TPSA) is 79.6 Å². The highest BCUT2D eigenvalue weighted by Crippen LogP contribution is 2.26. The van der Waals surface area contributed by atoms with Crippen molar-refractivity contribution in [3.8, 4) is 0 Å². The van der Waals surface area contributed by atoms with Crippen LogP contribution in [0, 0.1) is 0 Å². The molecule has 166 valence electrons. The second-order valence-electron chi connectivity index (χ2n) is 8.52. The Hall–Kier alpha value is -3.00. The van der Waals surface area contributed by atoms with Gasteiger partial charge in [0.1, 0.15) is 24.2 Å². The molecule has 2 aromatic carbocycles. The van der Waals surface area contributed by atoms with Crippen molar-refractivity contribution in [1.29, 1.82) is 0 Å². The lowest BCUT2D eigenvalue weighted by Gasteiger charge is -2.30. The molecule has 2 N–H and O–H groups in total. The lowest BCUT2D eigenvalue weighted by Crippen LogP contribution is -2.42. The molecular formula is C25H28N4O3. The molecule has 3 heterocycles. The molecule has 3 aromatic rings. The highest BCUT2D eigenvalue weighted by atomic mass is 16.5. The third-order valence-electron chi connectivity index (χ3n) is 6.22. The Morgan fingerprint density at radius 3 is 2.78 bits per heavy atom. The monoisotopic (exact) mass is 432 g/mol. The van der Waals surface area contributed by atoms with Crippen molar-refractivity contribution >= 4 is 5.91 Å². The maximum atomic E-state index is 12.6. The third kappa shape index (κ3) is 4.60. The van der Waals surface area contributed by atoms with Crippen molar-refractivity contribution in [2.75, 3.05) is 19.6 Å². The quantitative estimate of drug-likeness (QED) is 0.625. The van der Waals surface area contributed by atoms with Gasteiger partial charge in [-0.2, -0.15) is 0 Å². The Kier molecular flexibility index (Phi) is 6.03. The fourth-order valence-corrected chi connectivity index (χ4v) is 4.49. The van der Waals surface area contributed by atoms with Crippen LogP contribution in [0.1, 0.15) is 39.1 Å². The van der Waals surface area contributed by atoms with E-state index in [1.54, 1.807) is 6.20 Å². The zero-order valence-electron chi connectivity index (χ0n) is 18.0. The molecule has 0 saturated heterocycles. The summed E-state index contributed by atoms with van der Waals surface area (Å²) in [7, 11) is 0. The summed E-state index contributed by atoms with van der Waals surface area (Å²) in [6.07, 6.45) is 2.08. The van der Waals surface area contributed by atoms with E-state index in [0.717, 1.165) is 30.9 Å². The number of fused-ring (bicyclic) bond motifs is 2. The molecule has 1 aromatic heterocycles. The summed E-state index contributed by atoms with van der Waals surface area (Å²) < 4.78 is 7.91. The number of nitrogens with zero attached hydrogens (tertiary/aromatic N) is 3. The molecule has 2 atom stereocenters. The molecule has 5 rings (SSSR count). The Morgan fingerprint density at radius 1 is 1.16 bits per heavy atom. The smallest absolute Gasteiger partial charge is 0.271 e. The van der Waals surface area contributed by atoms with Crippen LogP contribution in [0.25, 0.3) is 0 Å². The minimum absolute atomic E-state index is 0.0506. The summed E-state index contributed by atoms with van der Waals surface area (Å²) in [5.74, 6) is 0.473. The van der Waals surface area contributed by atoms with E-state index in [1.807, 2.05) is 34.9 Å². The van der Waals surface area contributed by atoms with Crippen LogP contribution >= 0.6 is 0 Å². The van der Waals surface area contributed by atoms with Gasteiger partial charge in [0.25, 0.3) is 5.91 Å². The molecule has 32 heavy (non-hydrogen) atoms. The largest absolute Gasteiger partial charge is 0.390 e. The number of nitrogens with one attached hydrogen (secondary N) is 1. The van der Waals surface area contributed by atoms with Crippen molar-refractivity contribution in [2.45, 2.75) is 38.3 Å². The predicted octanol–water partition coefficient (Wildman–Crippen LogP) is 2.30. The number of aromatic nitrogens is 2. The summed E-state index contributed by atoms with van der Waals surface area (Å²) in [4.78, 5) is 19.3. The summed E-state index contributed by atoms with van der Waals surface area (Å²) in [5.41, 5.74) is 4.17. The highest BCUT2D eigenvalue weighted by molar-refractivity contribution is 5.92. The number of ether oxygens (including phenoxy) is 1. The SMILES string of the molecule is O=C(NC[C@H](O)CN1CCc2ccccc2C1)c1cn2c(n1)COC(c1ccccc1)C2. The number of carbonyl (C=O) groups excluding carboxylic acids is 1. The zero-order chi connectivity index (χ0) is 21.9. The van der Waals surface area contributed by atoms with Crippen LogP contribution in [0.15, 0.2) is 60.8 Å². The van der Waals surface area contributed by atoms with Crippen molar-refractivity contribution in [2.24, 2.45) is 0 Å². The molecule has 2 aliphatic heterocycles. The van der Waals surface area contributed by atoms with E-state index in [9.17, 15) is 9.90 Å². The minimum Gasteiger partial charge on any atom is -0.390 e. The number of aliphatic hydroxyl groups excluding tert-OH is 1. The maximum absolute atomic E-state index is 12.6. The van der Waals surface area contributed by atoms with Gasteiger partial charge in [0.2, 0.25) is 0 Å². The Morgan fingerprint density at radius 2 is 1.94 bits per heavy atom. The lowest BCUT2D eigenvalue weighted by molar-refractivity contribution is 0.000488. The van der Waals surface area contributed by atoms with Gasteiger partial charge in [-0.3, -0.25) is 9.69 Å². The first-order valence-electron chi connectivity index (χ1n) is 11.1. The molecule has 0 radical (unpaired) electrons. The van der Waals surface area contributed by atoms with Crippen LogP contribution in [0.3, 0.4) is 0 Å². The molecule has 0 saturated carbocycles. The Labute approximate surface area is 187 Å². The van der Waals surface area contributed by atoms with Gasteiger partial charge in [-0.15, -0.1) is 0 Å². The summed E-state index contributed by atoms with van der Waals surface area (Å²) in [6.45, 7) is 3.46. The summed E-state index contributed by atoms with van der Waals surface area (Å²) in [6, 6.07) is 18.5. The second-order valence-corrected chi connectivity index (χ2v) is 8.52. The van der Waals surface area contributed by atoms with Crippen molar-refractivity contribution in [3.63, 3.8) is 0 Å². The number of β-amino-alcohol motifs (C(OH)–C–C–N with tert-alkyl or cyclic N) is 1. The standard InChI is InChI=1S/C25H28N4O3/c30-21(14-28-11-10-18-6-4-5-9-20(18)13-28)12-26-25(31)22-15-29-16-23(32-17-24(29)27-22)19-7-2-1-3-8-19/h1-9,15,21,23,30H,10-14,16-17H2,(H,26,31)/t21-,23?/m0/s1. The van der Waals surface area contributed by atoms with Crippen molar-refractivity contribution in [3.05, 3.63) is 89.0 Å². The van der Waals surface area contributed by atoms with Crippen LogP contribution in [-0.2, 0) is 30.9 Å². The molecular weight excluding hydrogens is 404 g/mol. The first-order valence-corrected chi connectivity index (χ1v) is 11.1. The average Bonchev–Trinajstić information content (AvgIpc) is 3.27. The van der Waals surface area contributed by atoms with E-state index >= 15 is 0 Å².